The number of H-pyrrole nitrogens is 1. The van der Waals surface area contributed by atoms with Crippen LogP contribution in [0.3, 0.4) is 0 Å². The molecule has 6 nitrogen and oxygen atoms in total. The van der Waals surface area contributed by atoms with Gasteiger partial charge in [-0.3, -0.25) is 0 Å². The van der Waals surface area contributed by atoms with E-state index in [2.05, 4.69) is 9.71 Å². The molecule has 1 aliphatic heterocycles. The molecule has 2 N–H and O–H groups in total. The summed E-state index contributed by atoms with van der Waals surface area (Å²) in [5.41, 5.74) is 2.89. The molecule has 0 aliphatic carbocycles. The number of fused-ring (bicyclic) bond motifs is 1. The summed E-state index contributed by atoms with van der Waals surface area (Å²) in [4.78, 5) is 3.28. The molecule has 0 radical (unpaired) electrons. The highest BCUT2D eigenvalue weighted by Gasteiger charge is 2.32. The number of para-hydroxylation sites is 1. The average molecular weight is 448 g/mol. The third-order valence-electron chi connectivity index (χ3n) is 5.47. The maximum absolute atomic E-state index is 13.0. The van der Waals surface area contributed by atoms with Gasteiger partial charge in [-0.2, -0.15) is 12.7 Å². The summed E-state index contributed by atoms with van der Waals surface area (Å²) in [7, 11) is -3.66. The minimum atomic E-state index is -3.66. The highest BCUT2D eigenvalue weighted by molar-refractivity contribution is 7.87. The largest absolute Gasteiger partial charge is 0.373 e. The van der Waals surface area contributed by atoms with Crippen molar-refractivity contribution in [3.8, 4) is 0 Å². The van der Waals surface area contributed by atoms with Gasteiger partial charge in [-0.25, -0.2) is 4.72 Å². The number of ether oxygens (including phenoxy) is 1. The van der Waals surface area contributed by atoms with Gasteiger partial charge in [0.2, 0.25) is 0 Å². The van der Waals surface area contributed by atoms with Crippen LogP contribution < -0.4 is 4.72 Å². The highest BCUT2D eigenvalue weighted by atomic mass is 35.5. The maximum atomic E-state index is 13.0. The fourth-order valence-electron chi connectivity index (χ4n) is 4.13. The first kappa shape index (κ1) is 21.3. The Morgan fingerprint density at radius 3 is 2.50 bits per heavy atom. The van der Waals surface area contributed by atoms with Crippen LogP contribution in [0.2, 0.25) is 5.02 Å². The van der Waals surface area contributed by atoms with Crippen LogP contribution >= 0.6 is 11.6 Å². The predicted molar refractivity (Wildman–Crippen MR) is 120 cm³/mol. The Morgan fingerprint density at radius 1 is 1.10 bits per heavy atom. The van der Waals surface area contributed by atoms with Crippen molar-refractivity contribution < 1.29 is 13.2 Å². The zero-order valence-corrected chi connectivity index (χ0v) is 18.6. The van der Waals surface area contributed by atoms with Crippen molar-refractivity contribution in [1.29, 1.82) is 0 Å². The zero-order valence-electron chi connectivity index (χ0n) is 17.0. The van der Waals surface area contributed by atoms with Crippen molar-refractivity contribution in [1.82, 2.24) is 14.0 Å². The third-order valence-corrected chi connectivity index (χ3v) is 7.33. The molecule has 3 atom stereocenters. The van der Waals surface area contributed by atoms with E-state index in [-0.39, 0.29) is 24.7 Å². The van der Waals surface area contributed by atoms with Crippen LogP contribution in [-0.2, 0) is 14.9 Å². The van der Waals surface area contributed by atoms with Crippen LogP contribution in [0.5, 0.6) is 0 Å². The van der Waals surface area contributed by atoms with Crippen LogP contribution in [0.4, 0.5) is 0 Å². The molecule has 0 saturated carbocycles. The molecule has 3 aromatic rings. The Balaban J connectivity index is 1.65. The normalized spacial score (nSPS) is 21.7. The maximum Gasteiger partial charge on any atom is 0.279 e. The molecule has 0 unspecified atom stereocenters. The van der Waals surface area contributed by atoms with Crippen LogP contribution in [0.1, 0.15) is 30.9 Å². The molecule has 1 aliphatic rings. The average Bonchev–Trinajstić information content (AvgIpc) is 3.13. The van der Waals surface area contributed by atoms with E-state index < -0.39 is 10.2 Å². The Hall–Kier alpha value is -1.90. The molecule has 8 heteroatoms. The van der Waals surface area contributed by atoms with E-state index in [1.165, 1.54) is 4.31 Å². The fourth-order valence-corrected chi connectivity index (χ4v) is 5.77. The van der Waals surface area contributed by atoms with E-state index in [1.807, 2.05) is 68.6 Å². The quantitative estimate of drug-likeness (QED) is 0.601. The molecule has 4 rings (SSSR count). The van der Waals surface area contributed by atoms with Gasteiger partial charge in [0.05, 0.1) is 12.2 Å². The summed E-state index contributed by atoms with van der Waals surface area (Å²) >= 11 is 6.51. The van der Waals surface area contributed by atoms with Crippen LogP contribution in [0.15, 0.2) is 54.7 Å². The van der Waals surface area contributed by atoms with Crippen molar-refractivity contribution in [2.45, 2.75) is 32.0 Å². The van der Waals surface area contributed by atoms with Gasteiger partial charge in [0.1, 0.15) is 0 Å². The van der Waals surface area contributed by atoms with Crippen molar-refractivity contribution in [3.05, 3.63) is 70.9 Å². The van der Waals surface area contributed by atoms with Gasteiger partial charge in [0, 0.05) is 47.7 Å². The van der Waals surface area contributed by atoms with Crippen LogP contribution in [-0.4, -0.2) is 49.5 Å². The molecule has 1 aromatic heterocycles. The monoisotopic (exact) mass is 447 g/mol. The molecule has 2 heterocycles. The smallest absolute Gasteiger partial charge is 0.279 e. The minimum absolute atomic E-state index is 0.140. The van der Waals surface area contributed by atoms with Crippen LogP contribution in [0.25, 0.3) is 10.9 Å². The number of nitrogens with zero attached hydrogens (tertiary/aromatic N) is 1. The molecule has 160 valence electrons. The number of benzene rings is 2. The lowest BCUT2D eigenvalue weighted by molar-refractivity contribution is -0.0443. The topological polar surface area (TPSA) is 74.4 Å². The Morgan fingerprint density at radius 2 is 1.77 bits per heavy atom. The van der Waals surface area contributed by atoms with E-state index in [1.54, 1.807) is 0 Å². The number of morpholine rings is 1. The molecule has 2 aromatic carbocycles. The lowest BCUT2D eigenvalue weighted by Crippen LogP contribution is -2.52. The molecule has 1 fully saturated rings. The minimum Gasteiger partial charge on any atom is -0.373 e. The first-order valence-corrected chi connectivity index (χ1v) is 11.9. The number of aromatic nitrogens is 1. The van der Waals surface area contributed by atoms with Crippen LogP contribution in [0, 0.1) is 0 Å². The van der Waals surface area contributed by atoms with Crippen molar-refractivity contribution in [2.75, 3.05) is 19.6 Å². The second-order valence-electron chi connectivity index (χ2n) is 7.79. The second-order valence-corrected chi connectivity index (χ2v) is 9.95. The summed E-state index contributed by atoms with van der Waals surface area (Å²) in [5, 5.41) is 1.66. The predicted octanol–water partition coefficient (Wildman–Crippen LogP) is 3.90. The fraction of sp³-hybridized carbons (Fsp3) is 0.364. The Bertz CT molecular complexity index is 1120. The van der Waals surface area contributed by atoms with Gasteiger partial charge in [-0.15, -0.1) is 0 Å². The molecular weight excluding hydrogens is 422 g/mol. The molecule has 1 saturated heterocycles. The van der Waals surface area contributed by atoms with Crippen molar-refractivity contribution in [2.24, 2.45) is 0 Å². The van der Waals surface area contributed by atoms with Gasteiger partial charge in [0.15, 0.2) is 0 Å². The lowest BCUT2D eigenvalue weighted by Gasteiger charge is -2.34. The van der Waals surface area contributed by atoms with Gasteiger partial charge in [-0.05, 0) is 37.1 Å². The highest BCUT2D eigenvalue weighted by Crippen LogP contribution is 2.34. The standard InChI is InChI=1S/C22H26ClN3O3S/c1-15-13-26(14-16(2)29-15)30(27,28)25-12-20(17-7-3-5-9-21(17)23)19-11-24-22-10-6-4-8-18(19)22/h3-11,15-16,20,24-25H,12-14H2,1-2H3/t15-,16-,20-/m1/s1. The SMILES string of the molecule is C[C@@H]1CN(S(=O)(=O)NC[C@H](c2ccccc2Cl)c2c[nH]c3ccccc23)C[C@@H](C)O1. The molecule has 0 bridgehead atoms. The first-order chi connectivity index (χ1) is 14.3. The van der Waals surface area contributed by atoms with Gasteiger partial charge >= 0.3 is 0 Å². The number of halogens is 1. The molecule has 0 amide bonds. The lowest BCUT2D eigenvalue weighted by atomic mass is 9.91. The number of rotatable bonds is 6. The van der Waals surface area contributed by atoms with Gasteiger partial charge in [0.25, 0.3) is 10.2 Å². The summed E-state index contributed by atoms with van der Waals surface area (Å²) in [6.45, 7) is 4.65. The van der Waals surface area contributed by atoms with Gasteiger partial charge in [-0.1, -0.05) is 48.0 Å². The van der Waals surface area contributed by atoms with E-state index in [4.69, 9.17) is 16.3 Å². The summed E-state index contributed by atoms with van der Waals surface area (Å²) in [5.74, 6) is -0.236. The Kier molecular flexibility index (Phi) is 6.18. The van der Waals surface area contributed by atoms with Gasteiger partial charge < -0.3 is 9.72 Å². The summed E-state index contributed by atoms with van der Waals surface area (Å²) < 4.78 is 36.1. The number of hydrogen-bond acceptors (Lipinski definition) is 3. The second kappa shape index (κ2) is 8.69. The number of aromatic amines is 1. The summed E-state index contributed by atoms with van der Waals surface area (Å²) in [6, 6.07) is 15.6. The van der Waals surface area contributed by atoms with E-state index >= 15 is 0 Å². The first-order valence-electron chi connectivity index (χ1n) is 10.1. The van der Waals surface area contributed by atoms with E-state index in [0.717, 1.165) is 22.0 Å². The zero-order chi connectivity index (χ0) is 21.3. The molecule has 0 spiro atoms. The summed E-state index contributed by atoms with van der Waals surface area (Å²) in [6.07, 6.45) is 1.66. The van der Waals surface area contributed by atoms with Crippen molar-refractivity contribution >= 4 is 32.7 Å². The Labute approximate surface area is 182 Å². The number of nitrogens with one attached hydrogen (secondary N) is 2. The molecular formula is C22H26ClN3O3S. The van der Waals surface area contributed by atoms with E-state index in [9.17, 15) is 8.42 Å². The van der Waals surface area contributed by atoms with Crippen molar-refractivity contribution in [3.63, 3.8) is 0 Å². The molecule has 30 heavy (non-hydrogen) atoms. The third kappa shape index (κ3) is 4.40. The number of hydrogen-bond donors (Lipinski definition) is 2. The van der Waals surface area contributed by atoms with E-state index in [0.29, 0.717) is 18.1 Å².